The normalized spacial score (nSPS) is 11.8. The monoisotopic (exact) mass is 243 g/mol. The molecule has 0 aliphatic heterocycles. The van der Waals surface area contributed by atoms with Gasteiger partial charge in [0.2, 0.25) is 0 Å². The summed E-state index contributed by atoms with van der Waals surface area (Å²) in [6.07, 6.45) is 1.41. The number of tetrazole rings is 1. The Bertz CT molecular complexity index is 557. The Morgan fingerprint density at radius 3 is 2.94 bits per heavy atom. The molecule has 2 aromatic rings. The molecule has 2 heterocycles. The van der Waals surface area contributed by atoms with Gasteiger partial charge in [-0.3, -0.25) is 4.68 Å². The van der Waals surface area contributed by atoms with Crippen LogP contribution < -0.4 is 4.72 Å². The van der Waals surface area contributed by atoms with Crippen molar-refractivity contribution in [1.82, 2.24) is 35.1 Å². The van der Waals surface area contributed by atoms with Crippen LogP contribution in [0.4, 0.5) is 0 Å². The molecule has 2 rings (SSSR count). The second kappa shape index (κ2) is 3.98. The smallest absolute Gasteiger partial charge is 0.256 e. The summed E-state index contributed by atoms with van der Waals surface area (Å²) in [6, 6.07) is 1.40. The number of nitrogens with one attached hydrogen (secondary N) is 2. The highest BCUT2D eigenvalue weighted by Gasteiger charge is 2.18. The molecule has 10 heteroatoms. The van der Waals surface area contributed by atoms with Gasteiger partial charge in [0.1, 0.15) is 0 Å². The molecule has 0 aliphatic rings. The molecule has 0 saturated heterocycles. The molecule has 0 atom stereocenters. The quantitative estimate of drug-likeness (QED) is 0.668. The van der Waals surface area contributed by atoms with Crippen LogP contribution in [0.15, 0.2) is 17.3 Å². The molecule has 0 saturated carbocycles. The molecule has 2 aromatic heterocycles. The Morgan fingerprint density at radius 1 is 1.56 bits per heavy atom. The number of aromatic amines is 1. The fraction of sp³-hybridized carbons (Fsp3) is 0.333. The maximum absolute atomic E-state index is 11.8. The van der Waals surface area contributed by atoms with E-state index in [0.29, 0.717) is 0 Å². The molecule has 9 nitrogen and oxygen atoms in total. The van der Waals surface area contributed by atoms with E-state index < -0.39 is 10.0 Å². The topological polar surface area (TPSA) is 118 Å². The number of hydrogen-bond donors (Lipinski definition) is 2. The minimum absolute atomic E-state index is 0.0238. The van der Waals surface area contributed by atoms with Gasteiger partial charge in [-0.25, -0.2) is 13.1 Å². The zero-order chi connectivity index (χ0) is 11.6. The summed E-state index contributed by atoms with van der Waals surface area (Å²) in [5, 5.41) is 16.7. The van der Waals surface area contributed by atoms with Crippen LogP contribution in [0.3, 0.4) is 0 Å². The van der Waals surface area contributed by atoms with Crippen molar-refractivity contribution in [1.29, 1.82) is 0 Å². The lowest BCUT2D eigenvalue weighted by molar-refractivity contribution is 0.561. The molecule has 0 unspecified atom stereocenters. The van der Waals surface area contributed by atoms with E-state index in [4.69, 9.17) is 0 Å². The van der Waals surface area contributed by atoms with E-state index in [-0.39, 0.29) is 17.4 Å². The summed E-state index contributed by atoms with van der Waals surface area (Å²) in [7, 11) is -2.05. The first kappa shape index (κ1) is 10.7. The van der Waals surface area contributed by atoms with E-state index in [0.717, 1.165) is 0 Å². The van der Waals surface area contributed by atoms with Crippen LogP contribution in [-0.2, 0) is 23.6 Å². The second-order valence-electron chi connectivity index (χ2n) is 2.95. The summed E-state index contributed by atoms with van der Waals surface area (Å²) >= 11 is 0. The zero-order valence-corrected chi connectivity index (χ0v) is 9.14. The van der Waals surface area contributed by atoms with Crippen molar-refractivity contribution < 1.29 is 8.42 Å². The predicted molar refractivity (Wildman–Crippen MR) is 51.4 cm³/mol. The van der Waals surface area contributed by atoms with Gasteiger partial charge in [-0.2, -0.15) is 10.3 Å². The standard InChI is InChI=1S/C6H9N7O2S/c1-13-6(2-3-7-13)16(14,15)8-4-5-9-11-12-10-5/h2-3,8H,4H2,1H3,(H,9,10,11,12). The third-order valence-electron chi connectivity index (χ3n) is 1.86. The third-order valence-corrected chi connectivity index (χ3v) is 3.34. The molecule has 2 N–H and O–H groups in total. The highest BCUT2D eigenvalue weighted by molar-refractivity contribution is 7.89. The number of aryl methyl sites for hydroxylation is 1. The van der Waals surface area contributed by atoms with Gasteiger partial charge >= 0.3 is 0 Å². The molecule has 86 valence electrons. The van der Waals surface area contributed by atoms with E-state index in [1.807, 2.05) is 0 Å². The Hall–Kier alpha value is -1.81. The second-order valence-corrected chi connectivity index (χ2v) is 4.66. The van der Waals surface area contributed by atoms with Crippen LogP contribution in [0.25, 0.3) is 0 Å². The van der Waals surface area contributed by atoms with Crippen molar-refractivity contribution in [3.63, 3.8) is 0 Å². The Labute approximate surface area is 90.9 Å². The first-order chi connectivity index (χ1) is 7.59. The van der Waals surface area contributed by atoms with Crippen molar-refractivity contribution in [3.8, 4) is 0 Å². The molecule has 0 spiro atoms. The summed E-state index contributed by atoms with van der Waals surface area (Å²) < 4.78 is 27.1. The third kappa shape index (κ3) is 2.06. The van der Waals surface area contributed by atoms with Crippen molar-refractivity contribution in [3.05, 3.63) is 18.1 Å². The van der Waals surface area contributed by atoms with Gasteiger partial charge in [0, 0.05) is 7.05 Å². The fourth-order valence-electron chi connectivity index (χ4n) is 1.12. The molecular formula is C6H9N7O2S. The van der Waals surface area contributed by atoms with Gasteiger partial charge in [0.05, 0.1) is 12.7 Å². The number of sulfonamides is 1. The minimum Gasteiger partial charge on any atom is -0.256 e. The van der Waals surface area contributed by atoms with Crippen LogP contribution in [0.2, 0.25) is 0 Å². The molecule has 16 heavy (non-hydrogen) atoms. The van der Waals surface area contributed by atoms with E-state index in [2.05, 4.69) is 30.4 Å². The van der Waals surface area contributed by atoms with E-state index in [9.17, 15) is 8.42 Å². The van der Waals surface area contributed by atoms with Crippen molar-refractivity contribution >= 4 is 10.0 Å². The van der Waals surface area contributed by atoms with E-state index >= 15 is 0 Å². The Kier molecular flexibility index (Phi) is 2.66. The zero-order valence-electron chi connectivity index (χ0n) is 8.32. The lowest BCUT2D eigenvalue weighted by atomic mass is 10.7. The average Bonchev–Trinajstić information content (AvgIpc) is 2.85. The number of rotatable bonds is 4. The van der Waals surface area contributed by atoms with Gasteiger partial charge in [-0.15, -0.1) is 10.2 Å². The summed E-state index contributed by atoms with van der Waals surface area (Å²) in [6.45, 7) is -0.0238. The lowest BCUT2D eigenvalue weighted by Crippen LogP contribution is -2.25. The first-order valence-corrected chi connectivity index (χ1v) is 5.78. The molecule has 0 aliphatic carbocycles. The molecule has 0 bridgehead atoms. The predicted octanol–water partition coefficient (Wildman–Crippen LogP) is -1.59. The molecule has 0 amide bonds. The summed E-state index contributed by atoms with van der Waals surface area (Å²) in [5.41, 5.74) is 0. The average molecular weight is 243 g/mol. The van der Waals surface area contributed by atoms with Crippen LogP contribution in [-0.4, -0.2) is 38.8 Å². The van der Waals surface area contributed by atoms with Gasteiger partial charge in [0.15, 0.2) is 10.9 Å². The Balaban J connectivity index is 2.13. The van der Waals surface area contributed by atoms with Gasteiger partial charge in [-0.1, -0.05) is 5.21 Å². The summed E-state index contributed by atoms with van der Waals surface area (Å²) in [4.78, 5) is 0. The van der Waals surface area contributed by atoms with Gasteiger partial charge in [-0.05, 0) is 6.07 Å². The van der Waals surface area contributed by atoms with Crippen molar-refractivity contribution in [2.24, 2.45) is 7.05 Å². The highest BCUT2D eigenvalue weighted by Crippen LogP contribution is 2.05. The largest absolute Gasteiger partial charge is 0.258 e. The van der Waals surface area contributed by atoms with Crippen LogP contribution >= 0.6 is 0 Å². The van der Waals surface area contributed by atoms with Gasteiger partial charge < -0.3 is 0 Å². The van der Waals surface area contributed by atoms with E-state index in [1.54, 1.807) is 7.05 Å². The number of nitrogens with zero attached hydrogens (tertiary/aromatic N) is 5. The number of aromatic nitrogens is 6. The maximum atomic E-state index is 11.8. The SMILES string of the molecule is Cn1nccc1S(=O)(=O)NCc1nn[nH]n1. The first-order valence-electron chi connectivity index (χ1n) is 4.29. The van der Waals surface area contributed by atoms with Crippen LogP contribution in [0, 0.1) is 0 Å². The fourth-order valence-corrected chi connectivity index (χ4v) is 2.22. The summed E-state index contributed by atoms with van der Waals surface area (Å²) in [5.74, 6) is 0.269. The van der Waals surface area contributed by atoms with Gasteiger partial charge in [0.25, 0.3) is 10.0 Å². The van der Waals surface area contributed by atoms with E-state index in [1.165, 1.54) is 16.9 Å². The number of H-pyrrole nitrogens is 1. The lowest BCUT2D eigenvalue weighted by Gasteiger charge is -2.03. The minimum atomic E-state index is -3.59. The molecule has 0 aromatic carbocycles. The highest BCUT2D eigenvalue weighted by atomic mass is 32.2. The number of hydrogen-bond acceptors (Lipinski definition) is 6. The molecule has 0 radical (unpaired) electrons. The maximum Gasteiger partial charge on any atom is 0.258 e. The Morgan fingerprint density at radius 2 is 2.38 bits per heavy atom. The molecular weight excluding hydrogens is 234 g/mol. The molecule has 0 fully saturated rings. The van der Waals surface area contributed by atoms with Crippen molar-refractivity contribution in [2.45, 2.75) is 11.6 Å². The van der Waals surface area contributed by atoms with Crippen molar-refractivity contribution in [2.75, 3.05) is 0 Å². The van der Waals surface area contributed by atoms with Crippen LogP contribution in [0.5, 0.6) is 0 Å². The van der Waals surface area contributed by atoms with Crippen LogP contribution in [0.1, 0.15) is 5.82 Å².